The largest absolute Gasteiger partial charge is 0.497 e. The molecule has 1 aromatic heterocycles. The Morgan fingerprint density at radius 2 is 2.04 bits per heavy atom. The molecule has 1 N–H and O–H groups in total. The van der Waals surface area contributed by atoms with Crippen LogP contribution >= 0.6 is 0 Å². The zero-order valence-corrected chi connectivity index (χ0v) is 15.9. The van der Waals surface area contributed by atoms with Gasteiger partial charge in [0.15, 0.2) is 0 Å². The molecular weight excluding hydrogens is 312 g/mol. The van der Waals surface area contributed by atoms with Crippen molar-refractivity contribution in [1.82, 2.24) is 15.3 Å². The third-order valence-corrected chi connectivity index (χ3v) is 5.31. The van der Waals surface area contributed by atoms with Crippen molar-refractivity contribution >= 4 is 16.9 Å². The van der Waals surface area contributed by atoms with Gasteiger partial charge in [-0.05, 0) is 50.4 Å². The third-order valence-electron chi connectivity index (χ3n) is 5.31. The van der Waals surface area contributed by atoms with Crippen molar-refractivity contribution in [2.24, 2.45) is 5.92 Å². The number of nitrogens with one attached hydrogen (secondary N) is 1. The molecule has 1 atom stereocenters. The highest BCUT2D eigenvalue weighted by Crippen LogP contribution is 2.25. The molecule has 3 rings (SSSR count). The summed E-state index contributed by atoms with van der Waals surface area (Å²) < 4.78 is 5.31. The second-order valence-electron chi connectivity index (χ2n) is 7.18. The Labute approximate surface area is 150 Å². The average molecular weight is 342 g/mol. The predicted octanol–water partition coefficient (Wildman–Crippen LogP) is 3.55. The van der Waals surface area contributed by atoms with Crippen LogP contribution in [0.4, 0.5) is 5.95 Å². The van der Waals surface area contributed by atoms with Crippen LogP contribution in [0.25, 0.3) is 10.9 Å². The van der Waals surface area contributed by atoms with Crippen molar-refractivity contribution in [2.75, 3.05) is 31.6 Å². The van der Waals surface area contributed by atoms with Gasteiger partial charge in [0.1, 0.15) is 5.75 Å². The van der Waals surface area contributed by atoms with Crippen LogP contribution in [0.1, 0.15) is 38.8 Å². The van der Waals surface area contributed by atoms with Gasteiger partial charge >= 0.3 is 0 Å². The van der Waals surface area contributed by atoms with Gasteiger partial charge in [0, 0.05) is 24.5 Å². The summed E-state index contributed by atoms with van der Waals surface area (Å²) in [5.74, 6) is 2.46. The minimum atomic E-state index is 0.621. The molecule has 5 nitrogen and oxygen atoms in total. The van der Waals surface area contributed by atoms with E-state index in [1.165, 1.54) is 6.42 Å². The van der Waals surface area contributed by atoms with Crippen molar-refractivity contribution in [1.29, 1.82) is 0 Å². The number of fused-ring (bicyclic) bond motifs is 1. The SMILES string of the molecule is CCC(C)CNC1CCN(c2nc(C)c3cc(OC)ccc3n2)CC1. The molecule has 0 bridgehead atoms. The van der Waals surface area contributed by atoms with Crippen LogP contribution in [0.3, 0.4) is 0 Å². The second-order valence-corrected chi connectivity index (χ2v) is 7.18. The molecule has 1 saturated heterocycles. The maximum atomic E-state index is 5.31. The minimum absolute atomic E-state index is 0.621. The number of benzene rings is 1. The van der Waals surface area contributed by atoms with E-state index in [-0.39, 0.29) is 0 Å². The highest BCUT2D eigenvalue weighted by molar-refractivity contribution is 5.83. The Kier molecular flexibility index (Phi) is 5.74. The van der Waals surface area contributed by atoms with E-state index in [1.807, 2.05) is 25.1 Å². The van der Waals surface area contributed by atoms with Gasteiger partial charge in [0.05, 0.1) is 18.3 Å². The van der Waals surface area contributed by atoms with Gasteiger partial charge < -0.3 is 15.0 Å². The van der Waals surface area contributed by atoms with E-state index in [0.29, 0.717) is 6.04 Å². The van der Waals surface area contributed by atoms with E-state index in [9.17, 15) is 0 Å². The van der Waals surface area contributed by atoms with Crippen molar-refractivity contribution in [2.45, 2.75) is 46.1 Å². The van der Waals surface area contributed by atoms with Gasteiger partial charge in [-0.3, -0.25) is 0 Å². The van der Waals surface area contributed by atoms with Gasteiger partial charge in [-0.1, -0.05) is 20.3 Å². The monoisotopic (exact) mass is 342 g/mol. The van der Waals surface area contributed by atoms with Crippen LogP contribution in [0.5, 0.6) is 5.75 Å². The average Bonchev–Trinajstić information content (AvgIpc) is 2.66. The molecule has 1 aliphatic rings. The number of methoxy groups -OCH3 is 1. The number of hydrogen-bond donors (Lipinski definition) is 1. The molecule has 0 saturated carbocycles. The summed E-state index contributed by atoms with van der Waals surface area (Å²) in [5, 5.41) is 4.78. The minimum Gasteiger partial charge on any atom is -0.497 e. The molecule has 5 heteroatoms. The number of piperidine rings is 1. The lowest BCUT2D eigenvalue weighted by molar-refractivity contribution is 0.379. The zero-order valence-electron chi connectivity index (χ0n) is 15.9. The molecule has 1 aliphatic heterocycles. The number of aromatic nitrogens is 2. The molecule has 1 aromatic carbocycles. The van der Waals surface area contributed by atoms with Crippen LogP contribution < -0.4 is 15.0 Å². The first-order valence-corrected chi connectivity index (χ1v) is 9.41. The first kappa shape index (κ1) is 17.9. The van der Waals surface area contributed by atoms with E-state index in [1.54, 1.807) is 7.11 Å². The third kappa shape index (κ3) is 4.21. The summed E-state index contributed by atoms with van der Waals surface area (Å²) in [5.41, 5.74) is 2.00. The fourth-order valence-electron chi connectivity index (χ4n) is 3.31. The molecular formula is C20H30N4O. The van der Waals surface area contributed by atoms with Crippen LogP contribution in [-0.2, 0) is 0 Å². The molecule has 2 aromatic rings. The summed E-state index contributed by atoms with van der Waals surface area (Å²) >= 11 is 0. The topological polar surface area (TPSA) is 50.3 Å². The summed E-state index contributed by atoms with van der Waals surface area (Å²) in [7, 11) is 1.69. The van der Waals surface area contributed by atoms with E-state index in [2.05, 4.69) is 24.1 Å². The Morgan fingerprint density at radius 1 is 1.28 bits per heavy atom. The maximum absolute atomic E-state index is 5.31. The number of anilines is 1. The molecule has 1 fully saturated rings. The van der Waals surface area contributed by atoms with Gasteiger partial charge in [-0.2, -0.15) is 0 Å². The lowest BCUT2D eigenvalue weighted by Gasteiger charge is -2.33. The lowest BCUT2D eigenvalue weighted by atomic mass is 10.0. The number of rotatable bonds is 6. The van der Waals surface area contributed by atoms with Gasteiger partial charge in [0.2, 0.25) is 5.95 Å². The predicted molar refractivity (Wildman–Crippen MR) is 104 cm³/mol. The van der Waals surface area contributed by atoms with Crippen LogP contribution in [-0.4, -0.2) is 42.8 Å². The molecule has 2 heterocycles. The number of ether oxygens (including phenoxy) is 1. The summed E-state index contributed by atoms with van der Waals surface area (Å²) in [4.78, 5) is 11.9. The molecule has 0 aliphatic carbocycles. The first-order chi connectivity index (χ1) is 12.1. The van der Waals surface area contributed by atoms with E-state index in [4.69, 9.17) is 14.7 Å². The Morgan fingerprint density at radius 3 is 2.72 bits per heavy atom. The lowest BCUT2D eigenvalue weighted by Crippen LogP contribution is -2.44. The summed E-state index contributed by atoms with van der Waals surface area (Å²) in [6.07, 6.45) is 3.54. The second kappa shape index (κ2) is 8.00. The molecule has 136 valence electrons. The van der Waals surface area contributed by atoms with Crippen molar-refractivity contribution in [3.05, 3.63) is 23.9 Å². The number of hydrogen-bond acceptors (Lipinski definition) is 5. The van der Waals surface area contributed by atoms with Crippen molar-refractivity contribution in [3.63, 3.8) is 0 Å². The normalized spacial score (nSPS) is 17.0. The smallest absolute Gasteiger partial charge is 0.226 e. The van der Waals surface area contributed by atoms with E-state index < -0.39 is 0 Å². The Balaban J connectivity index is 1.67. The Bertz CT molecular complexity index is 710. The molecule has 1 unspecified atom stereocenters. The van der Waals surface area contributed by atoms with Crippen molar-refractivity contribution in [3.8, 4) is 5.75 Å². The summed E-state index contributed by atoms with van der Waals surface area (Å²) in [6.45, 7) is 9.76. The molecule has 0 amide bonds. The highest BCUT2D eigenvalue weighted by atomic mass is 16.5. The van der Waals surface area contributed by atoms with E-state index >= 15 is 0 Å². The highest BCUT2D eigenvalue weighted by Gasteiger charge is 2.21. The van der Waals surface area contributed by atoms with Gasteiger partial charge in [0.25, 0.3) is 0 Å². The summed E-state index contributed by atoms with van der Waals surface area (Å²) in [6, 6.07) is 6.62. The zero-order chi connectivity index (χ0) is 17.8. The molecule has 0 radical (unpaired) electrons. The number of aryl methyl sites for hydroxylation is 1. The van der Waals surface area contributed by atoms with Gasteiger partial charge in [-0.15, -0.1) is 0 Å². The van der Waals surface area contributed by atoms with E-state index in [0.717, 1.165) is 66.7 Å². The molecule has 25 heavy (non-hydrogen) atoms. The van der Waals surface area contributed by atoms with Crippen molar-refractivity contribution < 1.29 is 4.74 Å². The standard InChI is InChI=1S/C20H30N4O/c1-5-14(2)13-21-16-8-10-24(11-9-16)20-22-15(3)18-12-17(25-4)6-7-19(18)23-20/h6-7,12,14,16,21H,5,8-11,13H2,1-4H3. The van der Waals surface area contributed by atoms with Crippen LogP contribution in [0.15, 0.2) is 18.2 Å². The fraction of sp³-hybridized carbons (Fsp3) is 0.600. The fourth-order valence-corrected chi connectivity index (χ4v) is 3.31. The first-order valence-electron chi connectivity index (χ1n) is 9.41. The van der Waals surface area contributed by atoms with Gasteiger partial charge in [-0.25, -0.2) is 9.97 Å². The van der Waals surface area contributed by atoms with Crippen LogP contribution in [0.2, 0.25) is 0 Å². The van der Waals surface area contributed by atoms with Crippen LogP contribution in [0, 0.1) is 12.8 Å². The Hall–Kier alpha value is -1.88. The number of nitrogens with zero attached hydrogens (tertiary/aromatic N) is 3. The quantitative estimate of drug-likeness (QED) is 0.870. The maximum Gasteiger partial charge on any atom is 0.226 e. The molecule has 0 spiro atoms.